The van der Waals surface area contributed by atoms with Crippen LogP contribution in [-0.2, 0) is 6.54 Å². The van der Waals surface area contributed by atoms with Gasteiger partial charge >= 0.3 is 0 Å². The molecule has 1 N–H and O–H groups in total. The molecule has 1 aliphatic carbocycles. The maximum Gasteiger partial charge on any atom is 0.253 e. The largest absolute Gasteiger partial charge is 0.477 e. The molecule has 3 rings (SSSR count). The van der Waals surface area contributed by atoms with Crippen molar-refractivity contribution in [3.63, 3.8) is 0 Å². The molecule has 4 nitrogen and oxygen atoms in total. The summed E-state index contributed by atoms with van der Waals surface area (Å²) in [5, 5.41) is 2.92. The van der Waals surface area contributed by atoms with E-state index in [1.165, 1.54) is 12.8 Å². The number of rotatable bonds is 6. The van der Waals surface area contributed by atoms with E-state index in [9.17, 15) is 4.79 Å². The molecule has 1 aromatic carbocycles. The molecular formula is C17H16Br2N2O2. The van der Waals surface area contributed by atoms with Crippen LogP contribution in [0.2, 0.25) is 0 Å². The maximum atomic E-state index is 12.3. The van der Waals surface area contributed by atoms with Crippen LogP contribution in [-0.4, -0.2) is 17.5 Å². The topological polar surface area (TPSA) is 51.2 Å². The summed E-state index contributed by atoms with van der Waals surface area (Å²) in [5.74, 6) is 1.17. The van der Waals surface area contributed by atoms with Crippen LogP contribution in [0.25, 0.3) is 0 Å². The van der Waals surface area contributed by atoms with Gasteiger partial charge in [-0.05, 0) is 74.4 Å². The first-order valence-electron chi connectivity index (χ1n) is 7.43. The zero-order chi connectivity index (χ0) is 16.2. The van der Waals surface area contributed by atoms with E-state index in [-0.39, 0.29) is 5.91 Å². The molecule has 0 atom stereocenters. The molecular weight excluding hydrogens is 424 g/mol. The number of halogens is 2. The molecule has 1 aromatic heterocycles. The van der Waals surface area contributed by atoms with Gasteiger partial charge in [-0.1, -0.05) is 6.07 Å². The van der Waals surface area contributed by atoms with Gasteiger partial charge in [0.1, 0.15) is 0 Å². The maximum absolute atomic E-state index is 12.3. The molecule has 120 valence electrons. The Morgan fingerprint density at radius 3 is 2.70 bits per heavy atom. The van der Waals surface area contributed by atoms with E-state index in [1.54, 1.807) is 6.20 Å². The number of benzene rings is 1. The molecule has 0 unspecified atom stereocenters. The summed E-state index contributed by atoms with van der Waals surface area (Å²) in [4.78, 5) is 16.6. The number of pyridine rings is 1. The van der Waals surface area contributed by atoms with Crippen LogP contribution in [0.5, 0.6) is 5.88 Å². The molecule has 0 aliphatic heterocycles. The van der Waals surface area contributed by atoms with Crippen LogP contribution in [0, 0.1) is 5.92 Å². The molecule has 0 saturated heterocycles. The van der Waals surface area contributed by atoms with Crippen molar-refractivity contribution >= 4 is 37.8 Å². The van der Waals surface area contributed by atoms with Crippen LogP contribution in [0.1, 0.15) is 28.8 Å². The molecule has 6 heteroatoms. The van der Waals surface area contributed by atoms with Crippen molar-refractivity contribution in [3.8, 4) is 5.88 Å². The number of carbonyl (C=O) groups excluding carboxylic acids is 1. The number of carbonyl (C=O) groups is 1. The van der Waals surface area contributed by atoms with Crippen molar-refractivity contribution in [2.75, 3.05) is 6.61 Å². The van der Waals surface area contributed by atoms with Crippen molar-refractivity contribution in [1.82, 2.24) is 10.3 Å². The monoisotopic (exact) mass is 438 g/mol. The van der Waals surface area contributed by atoms with E-state index in [1.807, 2.05) is 30.3 Å². The number of ether oxygens (including phenoxy) is 1. The summed E-state index contributed by atoms with van der Waals surface area (Å²) in [7, 11) is 0. The lowest BCUT2D eigenvalue weighted by molar-refractivity contribution is 0.0949. The zero-order valence-electron chi connectivity index (χ0n) is 12.4. The van der Waals surface area contributed by atoms with Crippen molar-refractivity contribution < 1.29 is 9.53 Å². The second-order valence-electron chi connectivity index (χ2n) is 5.54. The molecule has 0 radical (unpaired) electrons. The van der Waals surface area contributed by atoms with Crippen LogP contribution in [0.4, 0.5) is 0 Å². The highest BCUT2D eigenvalue weighted by molar-refractivity contribution is 9.11. The van der Waals surface area contributed by atoms with Gasteiger partial charge in [0.25, 0.3) is 5.91 Å². The minimum absolute atomic E-state index is 0.137. The molecule has 23 heavy (non-hydrogen) atoms. The van der Waals surface area contributed by atoms with Gasteiger partial charge in [-0.25, -0.2) is 4.98 Å². The van der Waals surface area contributed by atoms with Gasteiger partial charge in [0.05, 0.1) is 12.2 Å². The lowest BCUT2D eigenvalue weighted by Gasteiger charge is -2.10. The number of aromatic nitrogens is 1. The molecule has 0 bridgehead atoms. The molecule has 1 fully saturated rings. The summed E-state index contributed by atoms with van der Waals surface area (Å²) in [5.41, 5.74) is 1.55. The van der Waals surface area contributed by atoms with E-state index in [0.29, 0.717) is 23.9 Å². The van der Waals surface area contributed by atoms with E-state index >= 15 is 0 Å². The van der Waals surface area contributed by atoms with E-state index in [2.05, 4.69) is 42.2 Å². The Hall–Kier alpha value is -1.40. The van der Waals surface area contributed by atoms with Gasteiger partial charge in [0, 0.05) is 27.8 Å². The van der Waals surface area contributed by atoms with Crippen LogP contribution < -0.4 is 10.1 Å². The quantitative estimate of drug-likeness (QED) is 0.728. The van der Waals surface area contributed by atoms with Gasteiger partial charge in [-0.3, -0.25) is 4.79 Å². The highest BCUT2D eigenvalue weighted by Gasteiger charge is 2.22. The Balaban J connectivity index is 1.61. The molecule has 1 amide bonds. The fourth-order valence-corrected chi connectivity index (χ4v) is 3.47. The molecule has 1 aliphatic rings. The predicted molar refractivity (Wildman–Crippen MR) is 95.5 cm³/mol. The highest BCUT2D eigenvalue weighted by atomic mass is 79.9. The molecule has 0 spiro atoms. The first kappa shape index (κ1) is 16.5. The van der Waals surface area contributed by atoms with E-state index in [0.717, 1.165) is 21.1 Å². The third-order valence-electron chi connectivity index (χ3n) is 3.61. The second kappa shape index (κ2) is 7.45. The van der Waals surface area contributed by atoms with Gasteiger partial charge in [-0.2, -0.15) is 0 Å². The third-order valence-corrected chi connectivity index (χ3v) is 4.93. The number of amides is 1. The number of nitrogens with zero attached hydrogens (tertiary/aromatic N) is 1. The Morgan fingerprint density at radius 1 is 1.26 bits per heavy atom. The average Bonchev–Trinajstić information content (AvgIpc) is 3.35. The van der Waals surface area contributed by atoms with E-state index < -0.39 is 0 Å². The first-order chi connectivity index (χ1) is 11.1. The van der Waals surface area contributed by atoms with Crippen LogP contribution >= 0.6 is 31.9 Å². The first-order valence-corrected chi connectivity index (χ1v) is 9.02. The fraction of sp³-hybridized carbons (Fsp3) is 0.294. The smallest absolute Gasteiger partial charge is 0.253 e. The van der Waals surface area contributed by atoms with Crippen molar-refractivity contribution in [2.24, 2.45) is 5.92 Å². The van der Waals surface area contributed by atoms with Crippen molar-refractivity contribution in [3.05, 3.63) is 56.6 Å². The summed E-state index contributed by atoms with van der Waals surface area (Å²) < 4.78 is 7.18. The minimum atomic E-state index is -0.137. The molecule has 1 saturated carbocycles. The summed E-state index contributed by atoms with van der Waals surface area (Å²) >= 11 is 6.81. The van der Waals surface area contributed by atoms with Gasteiger partial charge in [0.2, 0.25) is 5.88 Å². The Morgan fingerprint density at radius 2 is 2.00 bits per heavy atom. The Kier molecular flexibility index (Phi) is 5.33. The third kappa shape index (κ3) is 4.54. The normalized spacial score (nSPS) is 13.7. The summed E-state index contributed by atoms with van der Waals surface area (Å²) in [6.07, 6.45) is 4.20. The minimum Gasteiger partial charge on any atom is -0.477 e. The standard InChI is InChI=1S/C17H16Br2N2O2/c18-13-2-1-3-14(19)16(13)17(22)21-9-12-6-7-20-15(8-12)23-10-11-4-5-11/h1-3,6-8,11H,4-5,9-10H2,(H,21,22). The summed E-state index contributed by atoms with van der Waals surface area (Å²) in [6, 6.07) is 9.31. The van der Waals surface area contributed by atoms with Gasteiger partial charge in [0.15, 0.2) is 0 Å². The molecule has 2 aromatic rings. The predicted octanol–water partition coefficient (Wildman–Crippen LogP) is 4.33. The number of hydrogen-bond donors (Lipinski definition) is 1. The Bertz CT molecular complexity index is 697. The van der Waals surface area contributed by atoms with E-state index in [4.69, 9.17) is 4.74 Å². The van der Waals surface area contributed by atoms with Crippen LogP contribution in [0.15, 0.2) is 45.5 Å². The van der Waals surface area contributed by atoms with Gasteiger partial charge < -0.3 is 10.1 Å². The van der Waals surface area contributed by atoms with Crippen molar-refractivity contribution in [1.29, 1.82) is 0 Å². The lowest BCUT2D eigenvalue weighted by Crippen LogP contribution is -2.23. The van der Waals surface area contributed by atoms with Crippen molar-refractivity contribution in [2.45, 2.75) is 19.4 Å². The zero-order valence-corrected chi connectivity index (χ0v) is 15.6. The average molecular weight is 440 g/mol. The number of nitrogens with one attached hydrogen (secondary N) is 1. The highest BCUT2D eigenvalue weighted by Crippen LogP contribution is 2.29. The fourth-order valence-electron chi connectivity index (χ4n) is 2.11. The SMILES string of the molecule is O=C(NCc1ccnc(OCC2CC2)c1)c1c(Br)cccc1Br. The lowest BCUT2D eigenvalue weighted by atomic mass is 10.2. The second-order valence-corrected chi connectivity index (χ2v) is 7.24. The van der Waals surface area contributed by atoms with Crippen LogP contribution in [0.3, 0.4) is 0 Å². The van der Waals surface area contributed by atoms with Gasteiger partial charge in [-0.15, -0.1) is 0 Å². The summed E-state index contributed by atoms with van der Waals surface area (Å²) in [6.45, 7) is 1.15. The Labute approximate surface area is 151 Å². The number of hydrogen-bond acceptors (Lipinski definition) is 3. The molecule has 1 heterocycles.